The maximum absolute atomic E-state index is 13.2. The van der Waals surface area contributed by atoms with E-state index < -0.39 is 37.8 Å². The third-order valence-corrected chi connectivity index (χ3v) is 9.45. The van der Waals surface area contributed by atoms with E-state index in [0.29, 0.717) is 22.6 Å². The van der Waals surface area contributed by atoms with Crippen molar-refractivity contribution in [3.63, 3.8) is 0 Å². The van der Waals surface area contributed by atoms with Gasteiger partial charge in [0.05, 0.1) is 12.0 Å². The molecule has 0 aliphatic heterocycles. The van der Waals surface area contributed by atoms with Gasteiger partial charge < -0.3 is 14.8 Å². The first-order valence-electron chi connectivity index (χ1n) is 14.6. The Balaban J connectivity index is 1.36. The lowest BCUT2D eigenvalue weighted by Crippen LogP contribution is -2.38. The highest BCUT2D eigenvalue weighted by Gasteiger charge is 2.32. The predicted octanol–water partition coefficient (Wildman–Crippen LogP) is 5.20. The average molecular weight is 646 g/mol. The summed E-state index contributed by atoms with van der Waals surface area (Å²) in [6.45, 7) is 2.00. The lowest BCUT2D eigenvalue weighted by molar-refractivity contribution is -0.387. The van der Waals surface area contributed by atoms with Crippen molar-refractivity contribution in [2.75, 3.05) is 25.6 Å². The molecule has 0 aliphatic rings. The molecule has 4 aromatic rings. The van der Waals surface area contributed by atoms with Crippen LogP contribution in [0.1, 0.15) is 34.8 Å². The van der Waals surface area contributed by atoms with Gasteiger partial charge in [0.25, 0.3) is 5.69 Å². The van der Waals surface area contributed by atoms with E-state index in [0.717, 1.165) is 5.56 Å². The fourth-order valence-corrected chi connectivity index (χ4v) is 6.68. The van der Waals surface area contributed by atoms with Crippen LogP contribution in [0.15, 0.2) is 108 Å². The fourth-order valence-electron chi connectivity index (χ4n) is 4.90. The molecule has 0 fully saturated rings. The summed E-state index contributed by atoms with van der Waals surface area (Å²) in [7, 11) is -2.71. The number of para-hydroxylation sites is 2. The molecule has 0 aliphatic carbocycles. The Morgan fingerprint density at radius 1 is 0.891 bits per heavy atom. The van der Waals surface area contributed by atoms with Gasteiger partial charge in [-0.3, -0.25) is 20.2 Å². The molecule has 0 saturated carbocycles. The maximum atomic E-state index is 13.2. The third kappa shape index (κ3) is 8.34. The number of nitrogens with zero attached hydrogens (tertiary/aromatic N) is 1. The van der Waals surface area contributed by atoms with Crippen LogP contribution in [-0.2, 0) is 25.8 Å². The SMILES string of the molecule is CCC(NCCOc1ccc(CC(Nc2ccccc2C(=O)c2ccccc2)C(=O)OC)cc1)S(=O)(=O)c1ccccc1[N+](=O)[O-]. The Morgan fingerprint density at radius 3 is 2.22 bits per heavy atom. The minimum atomic E-state index is -4.01. The van der Waals surface area contributed by atoms with Crippen LogP contribution >= 0.6 is 0 Å². The molecule has 0 saturated heterocycles. The summed E-state index contributed by atoms with van der Waals surface area (Å²) in [4.78, 5) is 36.2. The molecule has 2 N–H and O–H groups in total. The van der Waals surface area contributed by atoms with Gasteiger partial charge in [-0.2, -0.15) is 0 Å². The highest BCUT2D eigenvalue weighted by Crippen LogP contribution is 2.27. The molecule has 2 unspecified atom stereocenters. The fraction of sp³-hybridized carbons (Fsp3) is 0.235. The van der Waals surface area contributed by atoms with Crippen molar-refractivity contribution in [2.24, 2.45) is 0 Å². The quantitative estimate of drug-likeness (QED) is 0.0546. The van der Waals surface area contributed by atoms with E-state index in [1.165, 1.54) is 31.4 Å². The summed E-state index contributed by atoms with van der Waals surface area (Å²) in [6, 6.07) is 27.4. The first-order valence-corrected chi connectivity index (χ1v) is 16.2. The standard InChI is InChI=1S/C34H35N3O8S/c1-3-32(46(42,43)31-16-10-9-15-30(31)37(40)41)35-21-22-45-26-19-17-24(18-20-26)23-29(34(39)44-2)36-28-14-8-7-13-27(28)33(38)25-11-5-4-6-12-25/h4-20,29,32,35-36H,3,21-23H2,1-2H3. The number of methoxy groups -OCH3 is 1. The molecule has 4 rings (SSSR count). The molecular formula is C34H35N3O8S. The number of nitro benzene ring substituents is 1. The average Bonchev–Trinajstić information content (AvgIpc) is 3.08. The van der Waals surface area contributed by atoms with Crippen LogP contribution in [0.4, 0.5) is 11.4 Å². The van der Waals surface area contributed by atoms with Crippen molar-refractivity contribution in [3.8, 4) is 5.75 Å². The van der Waals surface area contributed by atoms with Gasteiger partial charge in [-0.1, -0.05) is 73.7 Å². The van der Waals surface area contributed by atoms with E-state index in [2.05, 4.69) is 10.6 Å². The molecular weight excluding hydrogens is 610 g/mol. The summed E-state index contributed by atoms with van der Waals surface area (Å²) < 4.78 is 37.1. The second-order valence-corrected chi connectivity index (χ2v) is 12.4. The Bertz CT molecular complexity index is 1760. The highest BCUT2D eigenvalue weighted by atomic mass is 32.2. The van der Waals surface area contributed by atoms with Crippen LogP contribution in [0.3, 0.4) is 0 Å². The van der Waals surface area contributed by atoms with Crippen LogP contribution in [0.5, 0.6) is 5.75 Å². The smallest absolute Gasteiger partial charge is 0.328 e. The van der Waals surface area contributed by atoms with E-state index in [-0.39, 0.29) is 36.7 Å². The largest absolute Gasteiger partial charge is 0.492 e. The molecule has 4 aromatic carbocycles. The number of carbonyl (C=O) groups is 2. The molecule has 0 aromatic heterocycles. The van der Waals surface area contributed by atoms with Gasteiger partial charge >= 0.3 is 5.97 Å². The Labute approximate surface area is 267 Å². The lowest BCUT2D eigenvalue weighted by atomic mass is 10.00. The lowest BCUT2D eigenvalue weighted by Gasteiger charge is -2.20. The number of esters is 1. The summed E-state index contributed by atoms with van der Waals surface area (Å²) in [5, 5.41) is 16.4. The van der Waals surface area contributed by atoms with Crippen molar-refractivity contribution >= 4 is 33.0 Å². The monoisotopic (exact) mass is 645 g/mol. The summed E-state index contributed by atoms with van der Waals surface area (Å²) >= 11 is 0. The van der Waals surface area contributed by atoms with Crippen molar-refractivity contribution in [2.45, 2.75) is 36.1 Å². The van der Waals surface area contributed by atoms with Crippen LogP contribution in [-0.4, -0.2) is 56.8 Å². The topological polar surface area (TPSA) is 154 Å². The molecule has 240 valence electrons. The highest BCUT2D eigenvalue weighted by molar-refractivity contribution is 7.92. The van der Waals surface area contributed by atoms with Crippen molar-refractivity contribution in [1.82, 2.24) is 5.32 Å². The third-order valence-electron chi connectivity index (χ3n) is 7.24. The number of ketones is 1. The van der Waals surface area contributed by atoms with E-state index in [1.807, 2.05) is 6.07 Å². The first-order chi connectivity index (χ1) is 22.1. The number of hydrogen-bond acceptors (Lipinski definition) is 10. The zero-order valence-electron chi connectivity index (χ0n) is 25.4. The van der Waals surface area contributed by atoms with E-state index in [4.69, 9.17) is 9.47 Å². The van der Waals surface area contributed by atoms with Gasteiger partial charge in [-0.05, 0) is 42.3 Å². The Kier molecular flexibility index (Phi) is 11.6. The first kappa shape index (κ1) is 33.8. The number of anilines is 1. The van der Waals surface area contributed by atoms with Gasteiger partial charge in [-0.15, -0.1) is 0 Å². The van der Waals surface area contributed by atoms with Gasteiger partial charge in [0.15, 0.2) is 5.78 Å². The molecule has 11 nitrogen and oxygen atoms in total. The van der Waals surface area contributed by atoms with E-state index in [9.17, 15) is 28.1 Å². The summed E-state index contributed by atoms with van der Waals surface area (Å²) in [5.74, 6) is -0.135. The number of nitrogens with one attached hydrogen (secondary N) is 2. The molecule has 46 heavy (non-hydrogen) atoms. The molecule has 0 spiro atoms. The van der Waals surface area contributed by atoms with Gasteiger partial charge in [0.1, 0.15) is 28.7 Å². The zero-order valence-corrected chi connectivity index (χ0v) is 26.2. The maximum Gasteiger partial charge on any atom is 0.328 e. The number of rotatable bonds is 16. The molecule has 0 bridgehead atoms. The van der Waals surface area contributed by atoms with Crippen molar-refractivity contribution < 1.29 is 32.4 Å². The second-order valence-electron chi connectivity index (χ2n) is 10.3. The van der Waals surface area contributed by atoms with Crippen LogP contribution in [0, 0.1) is 10.1 Å². The number of nitro groups is 1. The molecule has 2 atom stereocenters. The van der Waals surface area contributed by atoms with Gasteiger partial charge in [0, 0.05) is 35.8 Å². The second kappa shape index (κ2) is 15.8. The number of hydrogen-bond donors (Lipinski definition) is 2. The Morgan fingerprint density at radius 2 is 1.54 bits per heavy atom. The number of carbonyl (C=O) groups excluding carboxylic acids is 2. The zero-order chi connectivity index (χ0) is 33.1. The molecule has 0 heterocycles. The van der Waals surface area contributed by atoms with Crippen LogP contribution in [0.25, 0.3) is 0 Å². The minimum Gasteiger partial charge on any atom is -0.492 e. The van der Waals surface area contributed by atoms with Crippen molar-refractivity contribution in [3.05, 3.63) is 130 Å². The van der Waals surface area contributed by atoms with E-state index in [1.54, 1.807) is 79.7 Å². The van der Waals surface area contributed by atoms with E-state index >= 15 is 0 Å². The number of sulfone groups is 1. The number of ether oxygens (including phenoxy) is 2. The normalized spacial score (nSPS) is 12.5. The Hall–Kier alpha value is -5.07. The predicted molar refractivity (Wildman–Crippen MR) is 174 cm³/mol. The molecule has 0 radical (unpaired) electrons. The van der Waals surface area contributed by atoms with Crippen LogP contribution < -0.4 is 15.4 Å². The number of benzene rings is 4. The molecule has 0 amide bonds. The molecule has 12 heteroatoms. The van der Waals surface area contributed by atoms with Crippen molar-refractivity contribution in [1.29, 1.82) is 0 Å². The summed E-state index contributed by atoms with van der Waals surface area (Å²) in [6.07, 6.45) is 0.466. The van der Waals surface area contributed by atoms with Gasteiger partial charge in [0.2, 0.25) is 9.84 Å². The minimum absolute atomic E-state index is 0.140. The van der Waals surface area contributed by atoms with Gasteiger partial charge in [-0.25, -0.2) is 13.2 Å². The summed E-state index contributed by atoms with van der Waals surface area (Å²) in [5.41, 5.74) is 1.81. The van der Waals surface area contributed by atoms with Crippen LogP contribution in [0.2, 0.25) is 0 Å².